The molecule has 7 heteroatoms. The van der Waals surface area contributed by atoms with Crippen LogP contribution in [0, 0.1) is 0 Å². The van der Waals surface area contributed by atoms with Crippen molar-refractivity contribution in [3.8, 4) is 11.5 Å². The molecule has 1 N–H and O–H groups in total. The van der Waals surface area contributed by atoms with Gasteiger partial charge in [-0.25, -0.2) is 4.79 Å². The zero-order valence-corrected chi connectivity index (χ0v) is 15.2. The van der Waals surface area contributed by atoms with Gasteiger partial charge in [-0.2, -0.15) is 0 Å². The van der Waals surface area contributed by atoms with Crippen molar-refractivity contribution in [1.82, 2.24) is 0 Å². The summed E-state index contributed by atoms with van der Waals surface area (Å²) in [6.45, 7) is 2.99. The number of rotatable bonds is 9. The minimum absolute atomic E-state index is 0.0575. The number of ether oxygens (including phenoxy) is 3. The van der Waals surface area contributed by atoms with E-state index >= 15 is 0 Å². The molecule has 142 valence electrons. The molecule has 0 saturated heterocycles. The van der Waals surface area contributed by atoms with Crippen LogP contribution in [0.4, 0.5) is 5.69 Å². The van der Waals surface area contributed by atoms with E-state index < -0.39 is 18.5 Å². The van der Waals surface area contributed by atoms with Crippen LogP contribution in [0.3, 0.4) is 0 Å². The number of para-hydroxylation sites is 2. The third kappa shape index (κ3) is 6.47. The second-order valence-corrected chi connectivity index (χ2v) is 5.51. The first-order chi connectivity index (χ1) is 13.0. The predicted molar refractivity (Wildman–Crippen MR) is 99.1 cm³/mol. The van der Waals surface area contributed by atoms with Crippen molar-refractivity contribution < 1.29 is 28.6 Å². The maximum absolute atomic E-state index is 11.9. The molecule has 0 aliphatic rings. The highest BCUT2D eigenvalue weighted by Gasteiger charge is 2.11. The number of nitrogens with one attached hydrogen (secondary N) is 1. The quantitative estimate of drug-likeness (QED) is 0.538. The fourth-order valence-electron chi connectivity index (χ4n) is 2.15. The normalized spacial score (nSPS) is 10.0. The van der Waals surface area contributed by atoms with Gasteiger partial charge in [0.25, 0.3) is 5.91 Å². The molecule has 0 radical (unpaired) electrons. The number of ketones is 1. The summed E-state index contributed by atoms with van der Waals surface area (Å²) in [5.74, 6) is -0.262. The fourth-order valence-corrected chi connectivity index (χ4v) is 2.15. The van der Waals surface area contributed by atoms with Gasteiger partial charge in [-0.3, -0.25) is 9.59 Å². The van der Waals surface area contributed by atoms with Gasteiger partial charge in [0, 0.05) is 5.56 Å². The van der Waals surface area contributed by atoms with E-state index in [9.17, 15) is 14.4 Å². The minimum atomic E-state index is -0.682. The molecule has 0 saturated carbocycles. The molecule has 0 unspecified atom stereocenters. The van der Waals surface area contributed by atoms with Gasteiger partial charge in [-0.1, -0.05) is 12.1 Å². The molecule has 0 aromatic heterocycles. The SMILES string of the molecule is CCOc1ccccc1NC(=O)COC(=O)COc1ccc(C(C)=O)cc1. The lowest BCUT2D eigenvalue weighted by molar-refractivity contribution is -0.149. The Bertz CT molecular complexity index is 800. The molecule has 27 heavy (non-hydrogen) atoms. The molecule has 2 rings (SSSR count). The van der Waals surface area contributed by atoms with Gasteiger partial charge in [0.2, 0.25) is 0 Å². The third-order valence-corrected chi connectivity index (χ3v) is 3.44. The Hall–Kier alpha value is -3.35. The van der Waals surface area contributed by atoms with Crippen LogP contribution in [0.2, 0.25) is 0 Å². The highest BCUT2D eigenvalue weighted by Crippen LogP contribution is 2.23. The zero-order valence-electron chi connectivity index (χ0n) is 15.2. The van der Waals surface area contributed by atoms with Crippen molar-refractivity contribution in [2.24, 2.45) is 0 Å². The molecule has 1 amide bonds. The molecule has 2 aromatic rings. The van der Waals surface area contributed by atoms with Gasteiger partial charge in [0.1, 0.15) is 11.5 Å². The van der Waals surface area contributed by atoms with Crippen molar-refractivity contribution in [2.45, 2.75) is 13.8 Å². The molecule has 0 fully saturated rings. The Morgan fingerprint density at radius 3 is 2.30 bits per heavy atom. The maximum atomic E-state index is 11.9. The number of hydrogen-bond acceptors (Lipinski definition) is 6. The van der Waals surface area contributed by atoms with Crippen molar-refractivity contribution in [1.29, 1.82) is 0 Å². The highest BCUT2D eigenvalue weighted by molar-refractivity contribution is 5.94. The Morgan fingerprint density at radius 1 is 0.926 bits per heavy atom. The lowest BCUT2D eigenvalue weighted by atomic mass is 10.1. The first-order valence-electron chi connectivity index (χ1n) is 8.40. The molecule has 0 aliphatic carbocycles. The minimum Gasteiger partial charge on any atom is -0.492 e. The van der Waals surface area contributed by atoms with E-state index in [2.05, 4.69) is 5.32 Å². The summed E-state index contributed by atoms with van der Waals surface area (Å²) in [7, 11) is 0. The van der Waals surface area contributed by atoms with E-state index in [1.807, 2.05) is 6.92 Å². The van der Waals surface area contributed by atoms with E-state index in [1.54, 1.807) is 48.5 Å². The summed E-state index contributed by atoms with van der Waals surface area (Å²) in [5.41, 5.74) is 1.05. The van der Waals surface area contributed by atoms with Crippen LogP contribution in [-0.2, 0) is 14.3 Å². The van der Waals surface area contributed by atoms with Gasteiger partial charge >= 0.3 is 5.97 Å². The first-order valence-corrected chi connectivity index (χ1v) is 8.40. The van der Waals surface area contributed by atoms with Crippen molar-refractivity contribution in [3.63, 3.8) is 0 Å². The number of amides is 1. The van der Waals surface area contributed by atoms with Gasteiger partial charge < -0.3 is 19.5 Å². The Balaban J connectivity index is 1.76. The summed E-state index contributed by atoms with van der Waals surface area (Å²) in [6, 6.07) is 13.4. The Morgan fingerprint density at radius 2 is 1.63 bits per heavy atom. The van der Waals surface area contributed by atoms with E-state index in [0.717, 1.165) is 0 Å². The summed E-state index contributed by atoms with van der Waals surface area (Å²) in [4.78, 5) is 34.8. The summed E-state index contributed by atoms with van der Waals surface area (Å²) >= 11 is 0. The summed E-state index contributed by atoms with van der Waals surface area (Å²) in [5, 5.41) is 2.63. The van der Waals surface area contributed by atoms with Crippen molar-refractivity contribution in [2.75, 3.05) is 25.1 Å². The molecule has 0 atom stereocenters. The van der Waals surface area contributed by atoms with Crippen molar-refractivity contribution >= 4 is 23.3 Å². The molecular weight excluding hydrogens is 350 g/mol. The molecule has 7 nitrogen and oxygen atoms in total. The van der Waals surface area contributed by atoms with Crippen molar-refractivity contribution in [3.05, 3.63) is 54.1 Å². The lowest BCUT2D eigenvalue weighted by Crippen LogP contribution is -2.23. The van der Waals surface area contributed by atoms with Gasteiger partial charge in [0.15, 0.2) is 19.0 Å². The third-order valence-electron chi connectivity index (χ3n) is 3.44. The van der Waals surface area contributed by atoms with Gasteiger partial charge in [-0.15, -0.1) is 0 Å². The fraction of sp³-hybridized carbons (Fsp3) is 0.250. The summed E-state index contributed by atoms with van der Waals surface area (Å²) < 4.78 is 15.6. The first kappa shape index (κ1) is 20.0. The van der Waals surface area contributed by atoms with Crippen LogP contribution < -0.4 is 14.8 Å². The Labute approximate surface area is 157 Å². The molecule has 0 aliphatic heterocycles. The van der Waals surface area contributed by atoms with Crippen LogP contribution in [0.15, 0.2) is 48.5 Å². The molecule has 0 heterocycles. The average Bonchev–Trinajstić information content (AvgIpc) is 2.67. The van der Waals surface area contributed by atoms with E-state index in [-0.39, 0.29) is 12.4 Å². The average molecular weight is 371 g/mol. The highest BCUT2D eigenvalue weighted by atomic mass is 16.6. The van der Waals surface area contributed by atoms with Crippen LogP contribution in [-0.4, -0.2) is 37.5 Å². The number of carbonyl (C=O) groups excluding carboxylic acids is 3. The van der Waals surface area contributed by atoms with E-state index in [1.165, 1.54) is 6.92 Å². The monoisotopic (exact) mass is 371 g/mol. The number of Topliss-reactive ketones (excluding diaryl/α,β-unsaturated/α-hetero) is 1. The topological polar surface area (TPSA) is 90.9 Å². The number of hydrogen-bond donors (Lipinski definition) is 1. The van der Waals surface area contributed by atoms with Gasteiger partial charge in [0.05, 0.1) is 12.3 Å². The molecular formula is C20H21NO6. The van der Waals surface area contributed by atoms with Crippen LogP contribution in [0.5, 0.6) is 11.5 Å². The predicted octanol–water partition coefficient (Wildman–Crippen LogP) is 2.85. The maximum Gasteiger partial charge on any atom is 0.344 e. The van der Waals surface area contributed by atoms with Crippen LogP contribution in [0.1, 0.15) is 24.2 Å². The second-order valence-electron chi connectivity index (χ2n) is 5.51. The number of benzene rings is 2. The number of esters is 1. The summed E-state index contributed by atoms with van der Waals surface area (Å²) in [6.07, 6.45) is 0. The Kier molecular flexibility index (Phi) is 7.37. The molecule has 0 spiro atoms. The second kappa shape index (κ2) is 9.96. The molecule has 2 aromatic carbocycles. The van der Waals surface area contributed by atoms with Crippen LogP contribution in [0.25, 0.3) is 0 Å². The smallest absolute Gasteiger partial charge is 0.344 e. The standard InChI is InChI=1S/C20H21NO6/c1-3-25-18-7-5-4-6-17(18)21-19(23)12-27-20(24)13-26-16-10-8-15(9-11-16)14(2)22/h4-11H,3,12-13H2,1-2H3,(H,21,23). The number of anilines is 1. The number of carbonyl (C=O) groups is 3. The zero-order chi connectivity index (χ0) is 19.6. The van der Waals surface area contributed by atoms with E-state index in [0.29, 0.717) is 29.4 Å². The van der Waals surface area contributed by atoms with E-state index in [4.69, 9.17) is 14.2 Å². The van der Waals surface area contributed by atoms with Gasteiger partial charge in [-0.05, 0) is 50.2 Å². The largest absolute Gasteiger partial charge is 0.492 e. The van der Waals surface area contributed by atoms with Crippen LogP contribution >= 0.6 is 0 Å². The molecule has 0 bridgehead atoms. The lowest BCUT2D eigenvalue weighted by Gasteiger charge is -2.11.